The van der Waals surface area contributed by atoms with Crippen molar-refractivity contribution in [3.05, 3.63) is 27.8 Å². The lowest BCUT2D eigenvalue weighted by Gasteiger charge is -2.17. The van der Waals surface area contributed by atoms with Crippen molar-refractivity contribution >= 4 is 28.3 Å². The second-order valence-electron chi connectivity index (χ2n) is 4.19. The van der Waals surface area contributed by atoms with E-state index in [2.05, 4.69) is 72.9 Å². The fourth-order valence-corrected chi connectivity index (χ4v) is 2.17. The largest absolute Gasteiger partial charge is 0.383 e. The van der Waals surface area contributed by atoms with E-state index in [4.69, 9.17) is 0 Å². The molecule has 0 fully saturated rings. The third kappa shape index (κ3) is 4.31. The molecular weight excluding hydrogens is 285 g/mol. The Kier molecular flexibility index (Phi) is 4.72. The number of hydrogen-bond donors (Lipinski definition) is 1. The number of rotatable bonds is 4. The van der Waals surface area contributed by atoms with Crippen LogP contribution < -0.4 is 5.32 Å². The molecule has 0 aliphatic heterocycles. The lowest BCUT2D eigenvalue weighted by atomic mass is 10.1. The summed E-state index contributed by atoms with van der Waals surface area (Å²) >= 11 is 2.34. The SMILES string of the molecule is CC(C)CC(C)Nc1cccc(I)c1. The molecule has 1 N–H and O–H groups in total. The third-order valence-corrected chi connectivity index (χ3v) is 2.73. The van der Waals surface area contributed by atoms with Crippen LogP contribution in [0.5, 0.6) is 0 Å². The molecule has 0 aromatic heterocycles. The van der Waals surface area contributed by atoms with E-state index in [1.165, 1.54) is 15.7 Å². The van der Waals surface area contributed by atoms with E-state index in [-0.39, 0.29) is 0 Å². The molecule has 0 aliphatic rings. The predicted molar refractivity (Wildman–Crippen MR) is 71.7 cm³/mol. The molecule has 1 rings (SSSR count). The maximum Gasteiger partial charge on any atom is 0.0352 e. The van der Waals surface area contributed by atoms with E-state index in [1.807, 2.05) is 0 Å². The van der Waals surface area contributed by atoms with Crippen LogP contribution in [0, 0.1) is 9.49 Å². The molecule has 1 aromatic carbocycles. The number of hydrogen-bond acceptors (Lipinski definition) is 1. The fourth-order valence-electron chi connectivity index (χ4n) is 1.63. The predicted octanol–water partition coefficient (Wildman–Crippen LogP) is 4.14. The molecule has 78 valence electrons. The van der Waals surface area contributed by atoms with Gasteiger partial charge in [-0.05, 0) is 60.1 Å². The summed E-state index contributed by atoms with van der Waals surface area (Å²) in [6, 6.07) is 9.05. The fraction of sp³-hybridized carbons (Fsp3) is 0.500. The van der Waals surface area contributed by atoms with E-state index < -0.39 is 0 Å². The molecule has 1 aromatic rings. The molecule has 14 heavy (non-hydrogen) atoms. The van der Waals surface area contributed by atoms with Gasteiger partial charge in [0.1, 0.15) is 0 Å². The highest BCUT2D eigenvalue weighted by molar-refractivity contribution is 14.1. The minimum Gasteiger partial charge on any atom is -0.383 e. The normalized spacial score (nSPS) is 12.9. The average Bonchev–Trinajstić information content (AvgIpc) is 2.01. The summed E-state index contributed by atoms with van der Waals surface area (Å²) in [6.07, 6.45) is 1.21. The molecular formula is C12H18IN. The molecule has 0 saturated heterocycles. The van der Waals surface area contributed by atoms with Crippen LogP contribution in [0.2, 0.25) is 0 Å². The van der Waals surface area contributed by atoms with Gasteiger partial charge in [-0.2, -0.15) is 0 Å². The Morgan fingerprint density at radius 1 is 1.29 bits per heavy atom. The molecule has 1 unspecified atom stereocenters. The van der Waals surface area contributed by atoms with Crippen molar-refractivity contribution in [2.24, 2.45) is 5.92 Å². The zero-order chi connectivity index (χ0) is 10.6. The Labute approximate surface area is 100 Å². The summed E-state index contributed by atoms with van der Waals surface area (Å²) in [7, 11) is 0. The molecule has 1 atom stereocenters. The molecule has 1 nitrogen and oxygen atoms in total. The summed E-state index contributed by atoms with van der Waals surface area (Å²) in [5.74, 6) is 0.750. The number of nitrogens with one attached hydrogen (secondary N) is 1. The maximum absolute atomic E-state index is 3.51. The zero-order valence-corrected chi connectivity index (χ0v) is 11.2. The van der Waals surface area contributed by atoms with Crippen molar-refractivity contribution in [1.29, 1.82) is 0 Å². The van der Waals surface area contributed by atoms with E-state index in [9.17, 15) is 0 Å². The first kappa shape index (κ1) is 11.8. The van der Waals surface area contributed by atoms with Crippen molar-refractivity contribution in [2.45, 2.75) is 33.2 Å². The Morgan fingerprint density at radius 2 is 2.00 bits per heavy atom. The third-order valence-electron chi connectivity index (χ3n) is 2.06. The van der Waals surface area contributed by atoms with Gasteiger partial charge in [-0.1, -0.05) is 19.9 Å². The molecule has 0 amide bonds. The minimum atomic E-state index is 0.549. The topological polar surface area (TPSA) is 12.0 Å². The second-order valence-corrected chi connectivity index (χ2v) is 5.43. The summed E-state index contributed by atoms with van der Waals surface area (Å²) in [6.45, 7) is 6.75. The first-order valence-corrected chi connectivity index (χ1v) is 6.18. The van der Waals surface area contributed by atoms with Crippen LogP contribution in [-0.2, 0) is 0 Å². The van der Waals surface area contributed by atoms with Gasteiger partial charge in [0.25, 0.3) is 0 Å². The summed E-state index contributed by atoms with van der Waals surface area (Å²) in [5, 5.41) is 3.51. The molecule has 2 heteroatoms. The van der Waals surface area contributed by atoms with E-state index in [0.29, 0.717) is 6.04 Å². The molecule has 0 heterocycles. The highest BCUT2D eigenvalue weighted by Gasteiger charge is 2.04. The van der Waals surface area contributed by atoms with Crippen molar-refractivity contribution in [2.75, 3.05) is 5.32 Å². The molecule has 0 aliphatic carbocycles. The first-order chi connectivity index (χ1) is 6.58. The number of halogens is 1. The summed E-state index contributed by atoms with van der Waals surface area (Å²) < 4.78 is 1.28. The van der Waals surface area contributed by atoms with Crippen molar-refractivity contribution < 1.29 is 0 Å². The van der Waals surface area contributed by atoms with Gasteiger partial charge in [-0.25, -0.2) is 0 Å². The van der Waals surface area contributed by atoms with Crippen LogP contribution in [0.1, 0.15) is 27.2 Å². The second kappa shape index (κ2) is 5.59. The molecule has 0 saturated carbocycles. The maximum atomic E-state index is 3.51. The van der Waals surface area contributed by atoms with Gasteiger partial charge in [0.2, 0.25) is 0 Å². The van der Waals surface area contributed by atoms with Gasteiger partial charge in [-0.15, -0.1) is 0 Å². The van der Waals surface area contributed by atoms with Crippen molar-refractivity contribution in [3.63, 3.8) is 0 Å². The van der Waals surface area contributed by atoms with Crippen LogP contribution in [0.4, 0.5) is 5.69 Å². The van der Waals surface area contributed by atoms with Crippen molar-refractivity contribution in [3.8, 4) is 0 Å². The standard InChI is InChI=1S/C12H18IN/c1-9(2)7-10(3)14-12-6-4-5-11(13)8-12/h4-6,8-10,14H,7H2,1-3H3. The lowest BCUT2D eigenvalue weighted by Crippen LogP contribution is -2.17. The summed E-state index contributed by atoms with van der Waals surface area (Å²) in [4.78, 5) is 0. The quantitative estimate of drug-likeness (QED) is 0.824. The van der Waals surface area contributed by atoms with Gasteiger partial charge in [0.05, 0.1) is 0 Å². The smallest absolute Gasteiger partial charge is 0.0352 e. The zero-order valence-electron chi connectivity index (χ0n) is 9.05. The molecule has 0 spiro atoms. The monoisotopic (exact) mass is 303 g/mol. The molecule has 0 bridgehead atoms. The van der Waals surface area contributed by atoms with Crippen LogP contribution in [0.15, 0.2) is 24.3 Å². The van der Waals surface area contributed by atoms with Gasteiger partial charge < -0.3 is 5.32 Å². The lowest BCUT2D eigenvalue weighted by molar-refractivity contribution is 0.540. The Morgan fingerprint density at radius 3 is 2.57 bits per heavy atom. The van der Waals surface area contributed by atoms with Crippen LogP contribution >= 0.6 is 22.6 Å². The van der Waals surface area contributed by atoms with Gasteiger partial charge >= 0.3 is 0 Å². The van der Waals surface area contributed by atoms with Gasteiger partial charge in [-0.3, -0.25) is 0 Å². The van der Waals surface area contributed by atoms with E-state index in [0.717, 1.165) is 5.92 Å². The van der Waals surface area contributed by atoms with Crippen LogP contribution in [0.3, 0.4) is 0 Å². The van der Waals surface area contributed by atoms with E-state index in [1.54, 1.807) is 0 Å². The number of benzene rings is 1. The average molecular weight is 303 g/mol. The Bertz CT molecular complexity index is 283. The molecule has 0 radical (unpaired) electrons. The van der Waals surface area contributed by atoms with Crippen molar-refractivity contribution in [1.82, 2.24) is 0 Å². The minimum absolute atomic E-state index is 0.549. The number of anilines is 1. The highest BCUT2D eigenvalue weighted by atomic mass is 127. The van der Waals surface area contributed by atoms with Crippen LogP contribution in [-0.4, -0.2) is 6.04 Å². The van der Waals surface area contributed by atoms with E-state index >= 15 is 0 Å². The van der Waals surface area contributed by atoms with Crippen LogP contribution in [0.25, 0.3) is 0 Å². The highest BCUT2D eigenvalue weighted by Crippen LogP contribution is 2.15. The van der Waals surface area contributed by atoms with Gasteiger partial charge in [0, 0.05) is 15.3 Å². The first-order valence-electron chi connectivity index (χ1n) is 5.10. The Hall–Kier alpha value is -0.250. The Balaban J connectivity index is 2.51. The van der Waals surface area contributed by atoms with Gasteiger partial charge in [0.15, 0.2) is 0 Å². The summed E-state index contributed by atoms with van der Waals surface area (Å²) in [5.41, 5.74) is 1.23.